The first-order valence-electron chi connectivity index (χ1n) is 5.32. The lowest BCUT2D eigenvalue weighted by atomic mass is 9.95. The third-order valence-electron chi connectivity index (χ3n) is 2.32. The van der Waals surface area contributed by atoms with Crippen LogP contribution in [0.4, 0.5) is 0 Å². The number of nitrogens with zero attached hydrogens (tertiary/aromatic N) is 2. The van der Waals surface area contributed by atoms with Crippen molar-refractivity contribution in [2.75, 3.05) is 0 Å². The van der Waals surface area contributed by atoms with Crippen LogP contribution in [0, 0.1) is 0 Å². The second-order valence-electron chi connectivity index (χ2n) is 3.41. The van der Waals surface area contributed by atoms with Crippen molar-refractivity contribution in [2.45, 2.75) is 37.9 Å². The van der Waals surface area contributed by atoms with E-state index in [0.29, 0.717) is 31.7 Å². The number of hydrogen-bond donors (Lipinski definition) is 1. The van der Waals surface area contributed by atoms with Gasteiger partial charge in [-0.2, -0.15) is 0 Å². The molecule has 0 atom stereocenters. The van der Waals surface area contributed by atoms with Crippen LogP contribution in [-0.2, 0) is 0 Å². The predicted molar refractivity (Wildman–Crippen MR) is 50.9 cm³/mol. The zero-order chi connectivity index (χ0) is 10.7. The molecule has 0 saturated heterocycles. The van der Waals surface area contributed by atoms with E-state index in [1.165, 1.54) is 0 Å². The Morgan fingerprint density at radius 1 is 1.29 bits per heavy atom. The minimum Gasteiger partial charge on any atom is -0.460 e. The molecule has 0 aliphatic heterocycles. The summed E-state index contributed by atoms with van der Waals surface area (Å²) in [7, 11) is 0. The first-order chi connectivity index (χ1) is 7.16. The fraction of sp³-hybridized carbons (Fsp3) is 0.600. The molecular formula is C10H14N2O2. The Kier molecular flexibility index (Phi) is 2.55. The van der Waals surface area contributed by atoms with Crippen molar-refractivity contribution in [3.63, 3.8) is 0 Å². The number of aromatic nitrogens is 2. The van der Waals surface area contributed by atoms with Gasteiger partial charge in [0.05, 0.1) is 7.45 Å². The molecule has 1 heterocycles. The monoisotopic (exact) mass is 195 g/mol. The average Bonchev–Trinajstić information content (AvgIpc) is 2.23. The van der Waals surface area contributed by atoms with Gasteiger partial charge in [0.2, 0.25) is 0 Å². The molecular weight excluding hydrogens is 180 g/mol. The quantitative estimate of drug-likeness (QED) is 0.769. The summed E-state index contributed by atoms with van der Waals surface area (Å²) in [5, 5.41) is 9.44. The van der Waals surface area contributed by atoms with E-state index < -0.39 is 6.08 Å². The van der Waals surface area contributed by atoms with Gasteiger partial charge >= 0.3 is 6.01 Å². The lowest BCUT2D eigenvalue weighted by Crippen LogP contribution is -2.27. The molecule has 0 amide bonds. The normalized spacial score (nSPS) is 33.5. The molecule has 1 aromatic rings. The zero-order valence-electron chi connectivity index (χ0n) is 8.89. The molecule has 0 radical (unpaired) electrons. The summed E-state index contributed by atoms with van der Waals surface area (Å²) in [6, 6.07) is 2.11. The maximum absolute atomic E-state index is 9.44. The number of ether oxygens (including phenoxy) is 1. The first kappa shape index (κ1) is 8.17. The molecule has 0 spiro atoms. The van der Waals surface area contributed by atoms with Gasteiger partial charge in [-0.05, 0) is 31.7 Å². The molecule has 1 fully saturated rings. The van der Waals surface area contributed by atoms with Crippen molar-refractivity contribution in [1.29, 1.82) is 0 Å². The Labute approximate surface area is 84.4 Å². The van der Waals surface area contributed by atoms with Crippen LogP contribution in [0.1, 0.15) is 27.1 Å². The van der Waals surface area contributed by atoms with Gasteiger partial charge < -0.3 is 9.84 Å². The molecule has 0 aromatic carbocycles. The highest BCUT2D eigenvalue weighted by Gasteiger charge is 2.21. The van der Waals surface area contributed by atoms with Gasteiger partial charge in [0.15, 0.2) is 0 Å². The molecule has 4 heteroatoms. The maximum atomic E-state index is 9.44. The van der Waals surface area contributed by atoms with Gasteiger partial charge in [-0.1, -0.05) is 0 Å². The van der Waals surface area contributed by atoms with Crippen LogP contribution in [0.5, 0.6) is 6.01 Å². The van der Waals surface area contributed by atoms with Crippen LogP contribution in [0.15, 0.2) is 18.5 Å². The van der Waals surface area contributed by atoms with Gasteiger partial charge in [0, 0.05) is 12.4 Å². The van der Waals surface area contributed by atoms with Gasteiger partial charge in [-0.3, -0.25) is 0 Å². The summed E-state index contributed by atoms with van der Waals surface area (Å²) in [5.74, 6) is 0. The Hall–Kier alpha value is -1.16. The Morgan fingerprint density at radius 3 is 2.57 bits per heavy atom. The van der Waals surface area contributed by atoms with E-state index >= 15 is 0 Å². The number of rotatable bonds is 2. The minimum absolute atomic E-state index is 0.0259. The van der Waals surface area contributed by atoms with Crippen LogP contribution in [0.25, 0.3) is 0 Å². The molecule has 14 heavy (non-hydrogen) atoms. The molecule has 2 rings (SSSR count). The number of aliphatic hydroxyl groups is 1. The lowest BCUT2D eigenvalue weighted by molar-refractivity contribution is 0.0618. The van der Waals surface area contributed by atoms with E-state index in [1.807, 2.05) is 0 Å². The summed E-state index contributed by atoms with van der Waals surface area (Å²) in [6.07, 6.45) is 4.28. The van der Waals surface area contributed by atoms with Gasteiger partial charge in [-0.25, -0.2) is 9.97 Å². The molecule has 0 bridgehead atoms. The lowest BCUT2D eigenvalue weighted by Gasteiger charge is -2.24. The standard InChI is InChI=1S/C10H14N2O2/c13-8-2-4-9(5-3-8)14-10-11-6-1-7-12-10/h1,6-9,13H,2-5H2/t8-,9+/i8D. The van der Waals surface area contributed by atoms with Crippen LogP contribution < -0.4 is 4.74 Å². The summed E-state index contributed by atoms with van der Waals surface area (Å²) in [5.41, 5.74) is 0. The zero-order valence-corrected chi connectivity index (χ0v) is 7.89. The minimum atomic E-state index is -1.27. The molecule has 1 aromatic heterocycles. The van der Waals surface area contributed by atoms with E-state index in [9.17, 15) is 5.11 Å². The highest BCUT2D eigenvalue weighted by molar-refractivity contribution is 4.94. The van der Waals surface area contributed by atoms with Crippen molar-refractivity contribution in [1.82, 2.24) is 9.97 Å². The summed E-state index contributed by atoms with van der Waals surface area (Å²) in [4.78, 5) is 7.93. The van der Waals surface area contributed by atoms with Crippen molar-refractivity contribution in [3.8, 4) is 6.01 Å². The fourth-order valence-electron chi connectivity index (χ4n) is 1.54. The fourth-order valence-corrected chi connectivity index (χ4v) is 1.54. The SMILES string of the molecule is [2H][C@]1(O)CC[C@@H](Oc2ncccn2)CC1. The second kappa shape index (κ2) is 4.37. The summed E-state index contributed by atoms with van der Waals surface area (Å²) >= 11 is 0. The molecule has 1 aliphatic rings. The second-order valence-corrected chi connectivity index (χ2v) is 3.41. The summed E-state index contributed by atoms with van der Waals surface area (Å²) in [6.45, 7) is 0. The maximum Gasteiger partial charge on any atom is 0.316 e. The molecule has 0 unspecified atom stereocenters. The molecule has 1 N–H and O–H groups in total. The van der Waals surface area contributed by atoms with Gasteiger partial charge in [0.25, 0.3) is 0 Å². The number of hydrogen-bond acceptors (Lipinski definition) is 4. The molecule has 1 saturated carbocycles. The largest absolute Gasteiger partial charge is 0.460 e. The van der Waals surface area contributed by atoms with E-state index in [2.05, 4.69) is 9.97 Å². The molecule has 1 aliphatic carbocycles. The van der Waals surface area contributed by atoms with Gasteiger partial charge in [-0.15, -0.1) is 0 Å². The predicted octanol–water partition coefficient (Wildman–Crippen LogP) is 1.16. The smallest absolute Gasteiger partial charge is 0.316 e. The third-order valence-corrected chi connectivity index (χ3v) is 2.32. The Bertz CT molecular complexity index is 308. The van der Waals surface area contributed by atoms with Crippen molar-refractivity contribution >= 4 is 0 Å². The van der Waals surface area contributed by atoms with Crippen LogP contribution in [0.2, 0.25) is 0 Å². The topological polar surface area (TPSA) is 55.2 Å². The highest BCUT2D eigenvalue weighted by Crippen LogP contribution is 2.21. The van der Waals surface area contributed by atoms with E-state index in [-0.39, 0.29) is 6.10 Å². The molecule has 76 valence electrons. The van der Waals surface area contributed by atoms with E-state index in [4.69, 9.17) is 6.11 Å². The Balaban J connectivity index is 1.88. The van der Waals surface area contributed by atoms with Gasteiger partial charge in [0.1, 0.15) is 6.10 Å². The molecule has 4 nitrogen and oxygen atoms in total. The average molecular weight is 195 g/mol. The van der Waals surface area contributed by atoms with Crippen LogP contribution in [-0.4, -0.2) is 27.3 Å². The van der Waals surface area contributed by atoms with E-state index in [1.54, 1.807) is 18.5 Å². The van der Waals surface area contributed by atoms with E-state index in [0.717, 1.165) is 0 Å². The van der Waals surface area contributed by atoms with Crippen LogP contribution in [0.3, 0.4) is 0 Å². The summed E-state index contributed by atoms with van der Waals surface area (Å²) < 4.78 is 13.0. The van der Waals surface area contributed by atoms with Crippen molar-refractivity contribution in [2.24, 2.45) is 0 Å². The Morgan fingerprint density at radius 2 is 1.93 bits per heavy atom. The van der Waals surface area contributed by atoms with Crippen molar-refractivity contribution < 1.29 is 11.2 Å². The van der Waals surface area contributed by atoms with Crippen molar-refractivity contribution in [3.05, 3.63) is 18.5 Å². The van der Waals surface area contributed by atoms with Crippen LogP contribution >= 0.6 is 0 Å². The highest BCUT2D eigenvalue weighted by atomic mass is 16.5. The third kappa shape index (κ3) is 2.42. The first-order valence-corrected chi connectivity index (χ1v) is 4.82.